The largest absolute Gasteiger partial charge is 0.385 e. The van der Waals surface area contributed by atoms with E-state index in [0.717, 1.165) is 22.7 Å². The fourth-order valence-electron chi connectivity index (χ4n) is 2.66. The van der Waals surface area contributed by atoms with Gasteiger partial charge in [0.1, 0.15) is 5.82 Å². The maximum absolute atomic E-state index is 13.3. The van der Waals surface area contributed by atoms with Crippen LogP contribution in [-0.2, 0) is 18.4 Å². The number of rotatable bonds is 1. The first-order chi connectivity index (χ1) is 9.07. The van der Waals surface area contributed by atoms with Gasteiger partial charge in [0.2, 0.25) is 0 Å². The molecule has 0 saturated carbocycles. The molecule has 2 nitrogen and oxygen atoms in total. The van der Waals surface area contributed by atoms with Crippen LogP contribution in [0.15, 0.2) is 41.1 Å². The molecule has 0 fully saturated rings. The number of aromatic nitrogens is 1. The van der Waals surface area contributed by atoms with Gasteiger partial charge < -0.3 is 5.11 Å². The molecular formula is C15H13BrFNO. The molecule has 1 N–H and O–H groups in total. The van der Waals surface area contributed by atoms with E-state index >= 15 is 0 Å². The van der Waals surface area contributed by atoms with E-state index in [0.29, 0.717) is 18.4 Å². The van der Waals surface area contributed by atoms with Crippen molar-refractivity contribution in [3.05, 3.63) is 63.6 Å². The van der Waals surface area contributed by atoms with Gasteiger partial charge in [0.25, 0.3) is 0 Å². The molecular weight excluding hydrogens is 309 g/mol. The SMILES string of the molecule is OC1(c2cncc(F)c2)CCc2cc(Br)ccc2C1. The monoisotopic (exact) mass is 321 g/mol. The lowest BCUT2D eigenvalue weighted by atomic mass is 9.77. The smallest absolute Gasteiger partial charge is 0.141 e. The van der Waals surface area contributed by atoms with Gasteiger partial charge in [0.15, 0.2) is 0 Å². The standard InChI is InChI=1S/C15H13BrFNO/c16-13-2-1-11-7-15(19,4-3-10(11)5-13)12-6-14(17)9-18-8-12/h1-2,5-6,8-9,19H,3-4,7H2. The highest BCUT2D eigenvalue weighted by molar-refractivity contribution is 9.10. The molecule has 1 atom stereocenters. The number of nitrogens with zero attached hydrogens (tertiary/aromatic N) is 1. The normalized spacial score (nSPS) is 22.1. The second-order valence-electron chi connectivity index (χ2n) is 5.01. The summed E-state index contributed by atoms with van der Waals surface area (Å²) in [5, 5.41) is 10.8. The molecule has 0 spiro atoms. The summed E-state index contributed by atoms with van der Waals surface area (Å²) in [4.78, 5) is 3.83. The molecule has 1 heterocycles. The number of fused-ring (bicyclic) bond motifs is 1. The van der Waals surface area contributed by atoms with Gasteiger partial charge in [-0.25, -0.2) is 4.39 Å². The van der Waals surface area contributed by atoms with E-state index in [9.17, 15) is 9.50 Å². The molecule has 4 heteroatoms. The van der Waals surface area contributed by atoms with E-state index in [1.165, 1.54) is 11.6 Å². The van der Waals surface area contributed by atoms with Crippen molar-refractivity contribution in [1.29, 1.82) is 0 Å². The zero-order chi connectivity index (χ0) is 13.5. The number of aryl methyl sites for hydroxylation is 1. The molecule has 3 rings (SSSR count). The first-order valence-electron chi connectivity index (χ1n) is 6.17. The topological polar surface area (TPSA) is 33.1 Å². The molecule has 0 amide bonds. The summed E-state index contributed by atoms with van der Waals surface area (Å²) in [6.45, 7) is 0. The Morgan fingerprint density at radius 1 is 1.21 bits per heavy atom. The number of benzene rings is 1. The van der Waals surface area contributed by atoms with Crippen LogP contribution >= 0.6 is 15.9 Å². The maximum Gasteiger partial charge on any atom is 0.141 e. The number of hydrogen-bond acceptors (Lipinski definition) is 2. The lowest BCUT2D eigenvalue weighted by Gasteiger charge is -2.33. The van der Waals surface area contributed by atoms with Gasteiger partial charge in [-0.05, 0) is 42.2 Å². The number of pyridine rings is 1. The fourth-order valence-corrected chi connectivity index (χ4v) is 3.07. The predicted octanol–water partition coefficient (Wildman–Crippen LogP) is 3.36. The molecule has 0 bridgehead atoms. The number of aliphatic hydroxyl groups is 1. The summed E-state index contributed by atoms with van der Waals surface area (Å²) in [5.74, 6) is -0.410. The van der Waals surface area contributed by atoms with Crippen molar-refractivity contribution in [2.24, 2.45) is 0 Å². The van der Waals surface area contributed by atoms with Gasteiger partial charge in [-0.2, -0.15) is 0 Å². The van der Waals surface area contributed by atoms with Crippen molar-refractivity contribution in [2.75, 3.05) is 0 Å². The summed E-state index contributed by atoms with van der Waals surface area (Å²) < 4.78 is 14.3. The summed E-state index contributed by atoms with van der Waals surface area (Å²) in [6, 6.07) is 7.43. The fraction of sp³-hybridized carbons (Fsp3) is 0.267. The third-order valence-electron chi connectivity index (χ3n) is 3.70. The maximum atomic E-state index is 13.3. The summed E-state index contributed by atoms with van der Waals surface area (Å²) in [7, 11) is 0. The minimum atomic E-state index is -1.02. The highest BCUT2D eigenvalue weighted by Crippen LogP contribution is 2.37. The van der Waals surface area contributed by atoms with E-state index < -0.39 is 11.4 Å². The molecule has 98 valence electrons. The van der Waals surface area contributed by atoms with Crippen LogP contribution in [0, 0.1) is 5.82 Å². The van der Waals surface area contributed by atoms with Crippen molar-refractivity contribution in [2.45, 2.75) is 24.9 Å². The van der Waals surface area contributed by atoms with E-state index in [1.54, 1.807) is 6.20 Å². The average Bonchev–Trinajstić information content (AvgIpc) is 2.39. The zero-order valence-corrected chi connectivity index (χ0v) is 11.8. The van der Waals surface area contributed by atoms with Crippen LogP contribution in [0.4, 0.5) is 4.39 Å². The summed E-state index contributed by atoms with van der Waals surface area (Å²) in [5.41, 5.74) is 1.89. The van der Waals surface area contributed by atoms with E-state index in [4.69, 9.17) is 0 Å². The van der Waals surface area contributed by atoms with E-state index in [2.05, 4.69) is 27.0 Å². The average molecular weight is 322 g/mol. The van der Waals surface area contributed by atoms with Crippen LogP contribution in [0.5, 0.6) is 0 Å². The molecule has 1 aliphatic carbocycles. The molecule has 1 aromatic carbocycles. The Morgan fingerprint density at radius 3 is 2.84 bits per heavy atom. The van der Waals surface area contributed by atoms with Crippen molar-refractivity contribution >= 4 is 15.9 Å². The van der Waals surface area contributed by atoms with Crippen LogP contribution in [0.25, 0.3) is 0 Å². The molecule has 1 unspecified atom stereocenters. The third-order valence-corrected chi connectivity index (χ3v) is 4.19. The highest BCUT2D eigenvalue weighted by Gasteiger charge is 2.34. The number of halogens is 2. The highest BCUT2D eigenvalue weighted by atomic mass is 79.9. The molecule has 19 heavy (non-hydrogen) atoms. The molecule has 1 aliphatic rings. The van der Waals surface area contributed by atoms with Crippen molar-refractivity contribution in [3.63, 3.8) is 0 Å². The quantitative estimate of drug-likeness (QED) is 0.873. The Bertz CT molecular complexity index is 631. The van der Waals surface area contributed by atoms with Crippen LogP contribution in [0.1, 0.15) is 23.1 Å². The second kappa shape index (κ2) is 4.69. The Labute approximate surface area is 119 Å². The van der Waals surface area contributed by atoms with Crippen molar-refractivity contribution in [1.82, 2.24) is 4.98 Å². The third kappa shape index (κ3) is 2.42. The molecule has 0 saturated heterocycles. The summed E-state index contributed by atoms with van der Waals surface area (Å²) in [6.07, 6.45) is 4.57. The van der Waals surface area contributed by atoms with Gasteiger partial charge in [-0.3, -0.25) is 4.98 Å². The van der Waals surface area contributed by atoms with Gasteiger partial charge >= 0.3 is 0 Å². The summed E-state index contributed by atoms with van der Waals surface area (Å²) >= 11 is 3.45. The minimum absolute atomic E-state index is 0.410. The first kappa shape index (κ1) is 12.8. The van der Waals surface area contributed by atoms with E-state index in [-0.39, 0.29) is 0 Å². The van der Waals surface area contributed by atoms with Crippen LogP contribution < -0.4 is 0 Å². The van der Waals surface area contributed by atoms with Crippen molar-refractivity contribution in [3.8, 4) is 0 Å². The van der Waals surface area contributed by atoms with E-state index in [1.807, 2.05) is 12.1 Å². The van der Waals surface area contributed by atoms with Gasteiger partial charge in [-0.15, -0.1) is 0 Å². The number of hydrogen-bond donors (Lipinski definition) is 1. The van der Waals surface area contributed by atoms with Gasteiger partial charge in [0.05, 0.1) is 11.8 Å². The zero-order valence-electron chi connectivity index (χ0n) is 10.2. The lowest BCUT2D eigenvalue weighted by Crippen LogP contribution is -2.33. The molecule has 0 radical (unpaired) electrons. The first-order valence-corrected chi connectivity index (χ1v) is 6.97. The Morgan fingerprint density at radius 2 is 2.05 bits per heavy atom. The van der Waals surface area contributed by atoms with Gasteiger partial charge in [-0.1, -0.05) is 22.0 Å². The Kier molecular flexibility index (Phi) is 3.15. The molecule has 0 aliphatic heterocycles. The van der Waals surface area contributed by atoms with Crippen LogP contribution in [0.3, 0.4) is 0 Å². The Balaban J connectivity index is 1.98. The molecule has 2 aromatic rings. The molecule has 1 aromatic heterocycles. The van der Waals surface area contributed by atoms with Crippen LogP contribution in [0.2, 0.25) is 0 Å². The minimum Gasteiger partial charge on any atom is -0.385 e. The predicted molar refractivity (Wildman–Crippen MR) is 74.3 cm³/mol. The van der Waals surface area contributed by atoms with Gasteiger partial charge in [0, 0.05) is 22.7 Å². The Hall–Kier alpha value is -1.26. The second-order valence-corrected chi connectivity index (χ2v) is 5.93. The lowest BCUT2D eigenvalue weighted by molar-refractivity contribution is 0.0216. The van der Waals surface area contributed by atoms with Crippen LogP contribution in [-0.4, -0.2) is 10.1 Å². The van der Waals surface area contributed by atoms with Crippen molar-refractivity contribution < 1.29 is 9.50 Å².